The maximum Gasteiger partial charge on any atom is 0.164 e. The molecule has 55 heavy (non-hydrogen) atoms. The van der Waals surface area contributed by atoms with Gasteiger partial charge in [-0.05, 0) is 63.4 Å². The summed E-state index contributed by atoms with van der Waals surface area (Å²) in [6, 6.07) is 62.3. The summed E-state index contributed by atoms with van der Waals surface area (Å²) in [5, 5.41) is 4.84. The molecule has 2 aliphatic rings. The van der Waals surface area contributed by atoms with Crippen molar-refractivity contribution in [1.82, 2.24) is 15.0 Å². The fourth-order valence-electron chi connectivity index (χ4n) is 9.12. The van der Waals surface area contributed by atoms with Gasteiger partial charge in [-0.15, -0.1) is 11.3 Å². The van der Waals surface area contributed by atoms with Crippen LogP contribution in [0.1, 0.15) is 22.3 Å². The first-order valence-electron chi connectivity index (χ1n) is 18.5. The molecule has 4 nitrogen and oxygen atoms in total. The van der Waals surface area contributed by atoms with E-state index in [9.17, 15) is 0 Å². The van der Waals surface area contributed by atoms with Crippen LogP contribution in [-0.4, -0.2) is 15.0 Å². The maximum absolute atomic E-state index is 6.59. The number of thiophene rings is 1. The summed E-state index contributed by atoms with van der Waals surface area (Å²) in [6.45, 7) is 0. The van der Waals surface area contributed by atoms with E-state index < -0.39 is 5.41 Å². The maximum atomic E-state index is 6.59. The van der Waals surface area contributed by atoms with E-state index in [1.54, 1.807) is 0 Å². The molecule has 5 heteroatoms. The van der Waals surface area contributed by atoms with Gasteiger partial charge in [0.15, 0.2) is 17.5 Å². The van der Waals surface area contributed by atoms with Crippen molar-refractivity contribution in [3.63, 3.8) is 0 Å². The molecule has 0 saturated heterocycles. The second kappa shape index (κ2) is 11.5. The largest absolute Gasteiger partial charge is 0.457 e. The number of nitrogens with zero attached hydrogens (tertiary/aromatic N) is 3. The Morgan fingerprint density at radius 2 is 0.982 bits per heavy atom. The van der Waals surface area contributed by atoms with Crippen molar-refractivity contribution in [2.75, 3.05) is 0 Å². The minimum absolute atomic E-state index is 0.588. The molecule has 0 unspecified atom stereocenters. The minimum Gasteiger partial charge on any atom is -0.457 e. The van der Waals surface area contributed by atoms with E-state index in [2.05, 4.69) is 158 Å². The van der Waals surface area contributed by atoms with Gasteiger partial charge >= 0.3 is 0 Å². The van der Waals surface area contributed by atoms with E-state index in [-0.39, 0.29) is 0 Å². The summed E-state index contributed by atoms with van der Waals surface area (Å²) in [5.41, 5.74) is 9.29. The Labute approximate surface area is 321 Å². The van der Waals surface area contributed by atoms with E-state index in [4.69, 9.17) is 19.7 Å². The summed E-state index contributed by atoms with van der Waals surface area (Å²) in [4.78, 5) is 16.0. The topological polar surface area (TPSA) is 47.9 Å². The van der Waals surface area contributed by atoms with Crippen molar-refractivity contribution in [2.24, 2.45) is 0 Å². The van der Waals surface area contributed by atoms with Gasteiger partial charge in [0.1, 0.15) is 11.5 Å². The third-order valence-corrected chi connectivity index (χ3v) is 12.5. The van der Waals surface area contributed by atoms with Crippen molar-refractivity contribution < 1.29 is 4.74 Å². The Morgan fingerprint density at radius 1 is 0.418 bits per heavy atom. The summed E-state index contributed by atoms with van der Waals surface area (Å²) >= 11 is 1.81. The molecule has 0 atom stereocenters. The molecule has 1 aliphatic heterocycles. The molecule has 0 bridgehead atoms. The van der Waals surface area contributed by atoms with Crippen molar-refractivity contribution in [3.8, 4) is 56.8 Å². The van der Waals surface area contributed by atoms with Crippen molar-refractivity contribution in [1.29, 1.82) is 0 Å². The lowest BCUT2D eigenvalue weighted by atomic mass is 9.66. The molecule has 8 aromatic carbocycles. The van der Waals surface area contributed by atoms with Gasteiger partial charge in [0, 0.05) is 48.0 Å². The van der Waals surface area contributed by atoms with Crippen LogP contribution in [0.3, 0.4) is 0 Å². The van der Waals surface area contributed by atoms with Crippen LogP contribution >= 0.6 is 11.3 Å². The highest BCUT2D eigenvalue weighted by atomic mass is 32.1. The van der Waals surface area contributed by atoms with Crippen LogP contribution in [-0.2, 0) is 5.41 Å². The number of aromatic nitrogens is 3. The number of fused-ring (bicyclic) bond motifs is 13. The molecule has 256 valence electrons. The molecular formula is C50H29N3OS. The normalized spacial score (nSPS) is 13.4. The van der Waals surface area contributed by atoms with Gasteiger partial charge in [-0.1, -0.05) is 146 Å². The minimum atomic E-state index is -0.588. The smallest absolute Gasteiger partial charge is 0.164 e. The molecule has 3 heterocycles. The molecule has 0 amide bonds. The average molecular weight is 720 g/mol. The van der Waals surface area contributed by atoms with Crippen LogP contribution < -0.4 is 4.74 Å². The SMILES string of the molecule is c1ccc(-c2nc(-c3cccc4c3-c3ccccc3C43c4ccccc4Oc4ccccc43)nc(-c3cccc4sc5cc6ccccc6cc5c34)n2)cc1. The van der Waals surface area contributed by atoms with Gasteiger partial charge in [-0.3, -0.25) is 0 Å². The molecule has 0 N–H and O–H groups in total. The average Bonchev–Trinajstić information content (AvgIpc) is 3.76. The predicted molar refractivity (Wildman–Crippen MR) is 224 cm³/mol. The molecule has 1 aliphatic carbocycles. The zero-order valence-electron chi connectivity index (χ0n) is 29.4. The Morgan fingerprint density at radius 3 is 1.76 bits per heavy atom. The lowest BCUT2D eigenvalue weighted by Gasteiger charge is -2.39. The second-order valence-electron chi connectivity index (χ2n) is 14.3. The van der Waals surface area contributed by atoms with Crippen LogP contribution in [0.15, 0.2) is 176 Å². The quantitative estimate of drug-likeness (QED) is 0.182. The Bertz CT molecular complexity index is 3160. The number of hydrogen-bond donors (Lipinski definition) is 0. The number of para-hydroxylation sites is 2. The summed E-state index contributed by atoms with van der Waals surface area (Å²) in [5.74, 6) is 3.67. The van der Waals surface area contributed by atoms with Crippen LogP contribution in [0.25, 0.3) is 76.2 Å². The highest BCUT2D eigenvalue weighted by molar-refractivity contribution is 7.26. The number of ether oxygens (including phenoxy) is 1. The summed E-state index contributed by atoms with van der Waals surface area (Å²) < 4.78 is 9.05. The summed E-state index contributed by atoms with van der Waals surface area (Å²) in [6.07, 6.45) is 0. The first-order chi connectivity index (χ1) is 27.3. The molecule has 10 aromatic rings. The molecule has 0 fully saturated rings. The first kappa shape index (κ1) is 30.5. The van der Waals surface area contributed by atoms with Gasteiger partial charge in [-0.25, -0.2) is 15.0 Å². The number of benzene rings is 8. The fraction of sp³-hybridized carbons (Fsp3) is 0.0200. The van der Waals surface area contributed by atoms with E-state index in [1.165, 1.54) is 47.6 Å². The highest BCUT2D eigenvalue weighted by Crippen LogP contribution is 2.63. The van der Waals surface area contributed by atoms with Crippen LogP contribution in [0, 0.1) is 0 Å². The highest BCUT2D eigenvalue weighted by Gasteiger charge is 2.51. The van der Waals surface area contributed by atoms with E-state index in [0.717, 1.165) is 44.9 Å². The predicted octanol–water partition coefficient (Wildman–Crippen LogP) is 12.9. The third-order valence-electron chi connectivity index (χ3n) is 11.4. The molecule has 0 saturated carbocycles. The van der Waals surface area contributed by atoms with E-state index in [0.29, 0.717) is 17.5 Å². The second-order valence-corrected chi connectivity index (χ2v) is 15.4. The Hall–Kier alpha value is -6.95. The lowest BCUT2D eigenvalue weighted by Crippen LogP contribution is -2.32. The zero-order chi connectivity index (χ0) is 36.1. The standard InChI is InChI=1S/C50H29N3OS/c1-2-14-30(15-3-1)47-51-48(53-49(52-47)35-20-13-27-43-46(35)36-28-31-16-4-5-17-32(31)29-44(36)55-43)34-19-12-24-40-45(34)33-18-6-7-21-37(33)50(40)38-22-8-10-25-41(38)54-42-26-11-9-23-39(42)50/h1-29H. The van der Waals surface area contributed by atoms with Gasteiger partial charge in [0.2, 0.25) is 0 Å². The fourth-order valence-corrected chi connectivity index (χ4v) is 10.3. The van der Waals surface area contributed by atoms with Gasteiger partial charge in [0.25, 0.3) is 0 Å². The van der Waals surface area contributed by atoms with Gasteiger partial charge < -0.3 is 4.74 Å². The molecule has 2 aromatic heterocycles. The third kappa shape index (κ3) is 4.30. The van der Waals surface area contributed by atoms with Crippen molar-refractivity contribution >= 4 is 42.3 Å². The number of hydrogen-bond acceptors (Lipinski definition) is 5. The van der Waals surface area contributed by atoms with E-state index in [1.807, 2.05) is 29.5 Å². The van der Waals surface area contributed by atoms with Gasteiger partial charge in [0.05, 0.1) is 5.41 Å². The van der Waals surface area contributed by atoms with Crippen molar-refractivity contribution in [3.05, 3.63) is 198 Å². The lowest BCUT2D eigenvalue weighted by molar-refractivity contribution is 0.436. The Balaban J connectivity index is 1.16. The summed E-state index contributed by atoms with van der Waals surface area (Å²) in [7, 11) is 0. The number of rotatable bonds is 3. The van der Waals surface area contributed by atoms with Crippen LogP contribution in [0.5, 0.6) is 11.5 Å². The molecule has 0 radical (unpaired) electrons. The Kier molecular flexibility index (Phi) is 6.39. The molecule has 12 rings (SSSR count). The molecule has 1 spiro atoms. The van der Waals surface area contributed by atoms with Crippen molar-refractivity contribution in [2.45, 2.75) is 5.41 Å². The molecular weight excluding hydrogens is 691 g/mol. The van der Waals surface area contributed by atoms with Crippen LogP contribution in [0.4, 0.5) is 0 Å². The zero-order valence-corrected chi connectivity index (χ0v) is 30.2. The monoisotopic (exact) mass is 719 g/mol. The van der Waals surface area contributed by atoms with Gasteiger partial charge in [-0.2, -0.15) is 0 Å². The first-order valence-corrected chi connectivity index (χ1v) is 19.3. The van der Waals surface area contributed by atoms with Crippen LogP contribution in [0.2, 0.25) is 0 Å². The van der Waals surface area contributed by atoms with E-state index >= 15 is 0 Å².